The highest BCUT2D eigenvalue weighted by Gasteiger charge is 2.30. The molecule has 0 heterocycles. The zero-order valence-electron chi connectivity index (χ0n) is 37.9. The number of aliphatic hydroxyl groups is 2. The van der Waals surface area contributed by atoms with Gasteiger partial charge in [-0.3, -0.25) is 19.2 Å². The standard InChI is InChI=1S/C36H52N4O9.C6H6.C6H14/c1-7-23(2)31(40-35(47)49-36(4,5)6)34(46)38-21-29(43)39-27(22-41)20-28(42)24(3)33(45)37-19-18-30(44)48-32(25-14-10-8-11-15-25)26-16-12-9-13-17-26;1-2-4-6-5-3-1;1-5-6(2,3)4/h8-17,23-24,27-28,31-32,41-42H,7,18-22H2,1-6H3,(H,37,45)(H,38,46)(H,39,43)(H,40,47);1-6H;5H2,1-4H3/t23?,24-,27?,28+,31?;;/m0../s1. The second-order valence-corrected chi connectivity index (χ2v) is 17.1. The highest BCUT2D eigenvalue weighted by atomic mass is 16.6. The minimum absolute atomic E-state index is 0.0225. The molecule has 3 unspecified atom stereocenters. The van der Waals surface area contributed by atoms with Crippen molar-refractivity contribution in [3.63, 3.8) is 0 Å². The third kappa shape index (κ3) is 23.9. The molecule has 6 N–H and O–H groups in total. The molecule has 338 valence electrons. The van der Waals surface area contributed by atoms with Crippen LogP contribution in [0.25, 0.3) is 0 Å². The first-order chi connectivity index (χ1) is 28.7. The number of amides is 4. The summed E-state index contributed by atoms with van der Waals surface area (Å²) in [5.41, 5.74) is 1.40. The second kappa shape index (κ2) is 28.3. The molecule has 0 spiro atoms. The Labute approximate surface area is 363 Å². The molecule has 0 aliphatic carbocycles. The van der Waals surface area contributed by atoms with Crippen LogP contribution >= 0.6 is 0 Å². The Kier molecular flexibility index (Phi) is 24.9. The van der Waals surface area contributed by atoms with Gasteiger partial charge in [-0.2, -0.15) is 0 Å². The van der Waals surface area contributed by atoms with E-state index < -0.39 is 78.7 Å². The first kappa shape index (κ1) is 53.7. The van der Waals surface area contributed by atoms with Crippen molar-refractivity contribution >= 4 is 29.8 Å². The number of alkyl carbamates (subject to hydrolysis) is 1. The number of rotatable bonds is 18. The van der Waals surface area contributed by atoms with Gasteiger partial charge in [-0.05, 0) is 49.7 Å². The van der Waals surface area contributed by atoms with Crippen LogP contribution in [0.2, 0.25) is 0 Å². The van der Waals surface area contributed by atoms with Gasteiger partial charge in [0, 0.05) is 6.54 Å². The lowest BCUT2D eigenvalue weighted by Gasteiger charge is -2.26. The Balaban J connectivity index is 0.00000133. The normalized spacial score (nSPS) is 13.5. The van der Waals surface area contributed by atoms with Crippen molar-refractivity contribution in [2.24, 2.45) is 17.3 Å². The molecule has 0 aliphatic heterocycles. The molecule has 0 fully saturated rings. The quantitative estimate of drug-likeness (QED) is 0.0742. The fraction of sp³-hybridized carbons (Fsp3) is 0.521. The minimum atomic E-state index is -1.24. The van der Waals surface area contributed by atoms with Gasteiger partial charge in [0.25, 0.3) is 0 Å². The van der Waals surface area contributed by atoms with Gasteiger partial charge in [0.2, 0.25) is 17.7 Å². The third-order valence-electron chi connectivity index (χ3n) is 9.50. The molecule has 0 saturated heterocycles. The fourth-order valence-electron chi connectivity index (χ4n) is 5.15. The Morgan fingerprint density at radius 2 is 1.18 bits per heavy atom. The van der Waals surface area contributed by atoms with Gasteiger partial charge < -0.3 is 41.0 Å². The molecule has 0 aliphatic rings. The number of hydrogen-bond acceptors (Lipinski definition) is 9. The van der Waals surface area contributed by atoms with Crippen molar-refractivity contribution in [3.8, 4) is 0 Å². The van der Waals surface area contributed by atoms with Crippen LogP contribution < -0.4 is 21.3 Å². The predicted molar refractivity (Wildman–Crippen MR) is 239 cm³/mol. The first-order valence-electron chi connectivity index (χ1n) is 21.1. The van der Waals surface area contributed by atoms with Gasteiger partial charge >= 0.3 is 12.1 Å². The lowest BCUT2D eigenvalue weighted by Crippen LogP contribution is -2.53. The molecule has 3 aromatic carbocycles. The van der Waals surface area contributed by atoms with Gasteiger partial charge in [0.15, 0.2) is 6.10 Å². The maximum Gasteiger partial charge on any atom is 0.408 e. The molecule has 61 heavy (non-hydrogen) atoms. The molecule has 3 aromatic rings. The Bertz CT molecular complexity index is 1630. The highest BCUT2D eigenvalue weighted by molar-refractivity contribution is 5.89. The maximum atomic E-state index is 12.8. The van der Waals surface area contributed by atoms with Crippen molar-refractivity contribution in [1.29, 1.82) is 0 Å². The Morgan fingerprint density at radius 3 is 1.61 bits per heavy atom. The average Bonchev–Trinajstić information content (AvgIpc) is 3.23. The van der Waals surface area contributed by atoms with Crippen LogP contribution in [0.1, 0.15) is 112 Å². The number of aliphatic hydroxyl groups excluding tert-OH is 2. The van der Waals surface area contributed by atoms with Crippen molar-refractivity contribution in [1.82, 2.24) is 21.3 Å². The van der Waals surface area contributed by atoms with Crippen LogP contribution in [-0.2, 0) is 28.7 Å². The van der Waals surface area contributed by atoms with Crippen molar-refractivity contribution < 1.29 is 43.7 Å². The first-order valence-corrected chi connectivity index (χ1v) is 21.1. The topological polar surface area (TPSA) is 192 Å². The van der Waals surface area contributed by atoms with Gasteiger partial charge in [-0.1, -0.05) is 158 Å². The van der Waals surface area contributed by atoms with E-state index in [0.717, 1.165) is 11.1 Å². The monoisotopic (exact) mass is 849 g/mol. The maximum absolute atomic E-state index is 12.8. The van der Waals surface area contributed by atoms with E-state index in [-0.39, 0.29) is 25.3 Å². The summed E-state index contributed by atoms with van der Waals surface area (Å²) in [7, 11) is 0. The summed E-state index contributed by atoms with van der Waals surface area (Å²) in [6.45, 7) is 18.2. The largest absolute Gasteiger partial charge is 0.452 e. The van der Waals surface area contributed by atoms with Gasteiger partial charge in [-0.15, -0.1) is 0 Å². The smallest absolute Gasteiger partial charge is 0.408 e. The fourth-order valence-corrected chi connectivity index (χ4v) is 5.15. The van der Waals surface area contributed by atoms with Crippen LogP contribution in [0.15, 0.2) is 97.1 Å². The lowest BCUT2D eigenvalue weighted by atomic mass is 9.94. The summed E-state index contributed by atoms with van der Waals surface area (Å²) >= 11 is 0. The van der Waals surface area contributed by atoms with Crippen LogP contribution in [0.3, 0.4) is 0 Å². The summed E-state index contributed by atoms with van der Waals surface area (Å²) in [6.07, 6.45) is -1.02. The van der Waals surface area contributed by atoms with Crippen LogP contribution in [0.4, 0.5) is 4.79 Å². The zero-order chi connectivity index (χ0) is 46.0. The molecule has 0 radical (unpaired) electrons. The SMILES string of the molecule is CCC(C)(C)C.CCC(C)C(NC(=O)OC(C)(C)C)C(=O)NCC(=O)NC(CO)C[C@@H](O)[C@H](C)C(=O)NCCC(=O)OC(c1ccccc1)c1ccccc1.c1ccccc1. The lowest BCUT2D eigenvalue weighted by molar-refractivity contribution is -0.147. The molecular weight excluding hydrogens is 777 g/mol. The number of benzene rings is 3. The van der Waals surface area contributed by atoms with Crippen LogP contribution in [0, 0.1) is 17.3 Å². The number of carbonyl (C=O) groups excluding carboxylic acids is 5. The van der Waals surface area contributed by atoms with E-state index in [0.29, 0.717) is 11.8 Å². The van der Waals surface area contributed by atoms with Crippen molar-refractivity contribution in [3.05, 3.63) is 108 Å². The third-order valence-corrected chi connectivity index (χ3v) is 9.50. The number of nitrogens with one attached hydrogen (secondary N) is 4. The molecule has 5 atom stereocenters. The van der Waals surface area contributed by atoms with E-state index >= 15 is 0 Å². The molecule has 0 saturated carbocycles. The summed E-state index contributed by atoms with van der Waals surface area (Å²) in [6, 6.07) is 28.8. The molecule has 13 heteroatoms. The summed E-state index contributed by atoms with van der Waals surface area (Å²) in [4.78, 5) is 63.1. The summed E-state index contributed by atoms with van der Waals surface area (Å²) in [5.74, 6) is -3.45. The van der Waals surface area contributed by atoms with Gasteiger partial charge in [0.1, 0.15) is 11.6 Å². The van der Waals surface area contributed by atoms with E-state index in [4.69, 9.17) is 9.47 Å². The number of ether oxygens (including phenoxy) is 2. The van der Waals surface area contributed by atoms with E-state index in [1.165, 1.54) is 13.3 Å². The summed E-state index contributed by atoms with van der Waals surface area (Å²) in [5, 5.41) is 30.7. The molecule has 0 aromatic heterocycles. The van der Waals surface area contributed by atoms with E-state index in [1.807, 2.05) is 104 Å². The second-order valence-electron chi connectivity index (χ2n) is 17.1. The molecular formula is C48H72N4O9. The molecule has 4 amide bonds. The summed E-state index contributed by atoms with van der Waals surface area (Å²) < 4.78 is 11.0. The number of carbonyl (C=O) groups is 5. The number of esters is 1. The van der Waals surface area contributed by atoms with Crippen LogP contribution in [-0.4, -0.2) is 83.5 Å². The van der Waals surface area contributed by atoms with Gasteiger partial charge in [0.05, 0.1) is 37.6 Å². The van der Waals surface area contributed by atoms with Gasteiger partial charge in [-0.25, -0.2) is 4.79 Å². The average molecular weight is 849 g/mol. The number of hydrogen-bond donors (Lipinski definition) is 6. The Hall–Kier alpha value is -5.27. The van der Waals surface area contributed by atoms with E-state index in [1.54, 1.807) is 27.7 Å². The predicted octanol–water partition coefficient (Wildman–Crippen LogP) is 6.87. The highest BCUT2D eigenvalue weighted by Crippen LogP contribution is 2.26. The van der Waals surface area contributed by atoms with Crippen molar-refractivity contribution in [2.45, 2.75) is 125 Å². The molecule has 13 nitrogen and oxygen atoms in total. The minimum Gasteiger partial charge on any atom is -0.452 e. The Morgan fingerprint density at radius 1 is 0.705 bits per heavy atom. The van der Waals surface area contributed by atoms with E-state index in [2.05, 4.69) is 49.0 Å². The zero-order valence-corrected chi connectivity index (χ0v) is 37.9. The molecule has 0 bridgehead atoms. The van der Waals surface area contributed by atoms with Crippen LogP contribution in [0.5, 0.6) is 0 Å². The van der Waals surface area contributed by atoms with E-state index in [9.17, 15) is 34.2 Å². The van der Waals surface area contributed by atoms with Crippen molar-refractivity contribution in [2.75, 3.05) is 19.7 Å². The molecule has 3 rings (SSSR count).